The first-order chi connectivity index (χ1) is 11.9. The summed E-state index contributed by atoms with van der Waals surface area (Å²) in [4.78, 5) is 24.5. The Kier molecular flexibility index (Phi) is 6.47. The zero-order chi connectivity index (χ0) is 18.4. The van der Waals surface area contributed by atoms with Gasteiger partial charge in [-0.2, -0.15) is 0 Å². The van der Waals surface area contributed by atoms with Gasteiger partial charge in [0, 0.05) is 17.5 Å². The van der Waals surface area contributed by atoms with Gasteiger partial charge in [-0.05, 0) is 55.3 Å². The molecule has 6 heteroatoms. The van der Waals surface area contributed by atoms with Crippen LogP contribution in [0.1, 0.15) is 18.1 Å². The SMILES string of the molecule is COc1ccc(NC(C)=O)cc1NC(=O)CSc1ccc(C)c(C)c1. The molecule has 0 fully saturated rings. The van der Waals surface area contributed by atoms with Crippen molar-refractivity contribution in [3.8, 4) is 5.75 Å². The normalized spacial score (nSPS) is 10.2. The summed E-state index contributed by atoms with van der Waals surface area (Å²) in [5.74, 6) is 0.517. The van der Waals surface area contributed by atoms with E-state index in [1.807, 2.05) is 6.07 Å². The summed E-state index contributed by atoms with van der Waals surface area (Å²) >= 11 is 1.48. The molecule has 0 aromatic heterocycles. The Hall–Kier alpha value is -2.47. The number of amides is 2. The van der Waals surface area contributed by atoms with Crippen LogP contribution in [0.2, 0.25) is 0 Å². The van der Waals surface area contributed by atoms with E-state index in [0.717, 1.165) is 4.90 Å². The number of hydrogen-bond acceptors (Lipinski definition) is 4. The molecule has 132 valence electrons. The number of hydrogen-bond donors (Lipinski definition) is 2. The molecule has 25 heavy (non-hydrogen) atoms. The van der Waals surface area contributed by atoms with Crippen LogP contribution in [0.4, 0.5) is 11.4 Å². The highest BCUT2D eigenvalue weighted by molar-refractivity contribution is 8.00. The van der Waals surface area contributed by atoms with Gasteiger partial charge in [0.1, 0.15) is 5.75 Å². The van der Waals surface area contributed by atoms with Crippen molar-refractivity contribution >= 4 is 35.0 Å². The number of benzene rings is 2. The first kappa shape index (κ1) is 18.9. The van der Waals surface area contributed by atoms with Gasteiger partial charge >= 0.3 is 0 Å². The number of rotatable bonds is 6. The molecule has 0 aliphatic carbocycles. The minimum atomic E-state index is -0.173. The van der Waals surface area contributed by atoms with Crippen molar-refractivity contribution in [3.63, 3.8) is 0 Å². The molecule has 2 amide bonds. The van der Waals surface area contributed by atoms with E-state index < -0.39 is 0 Å². The van der Waals surface area contributed by atoms with Crippen LogP contribution in [-0.2, 0) is 9.59 Å². The first-order valence-electron chi connectivity index (χ1n) is 7.84. The van der Waals surface area contributed by atoms with Crippen molar-refractivity contribution < 1.29 is 14.3 Å². The van der Waals surface area contributed by atoms with Gasteiger partial charge in [0.05, 0.1) is 18.6 Å². The largest absolute Gasteiger partial charge is 0.495 e. The van der Waals surface area contributed by atoms with Crippen molar-refractivity contribution in [2.45, 2.75) is 25.7 Å². The Morgan fingerprint density at radius 1 is 1.04 bits per heavy atom. The number of methoxy groups -OCH3 is 1. The van der Waals surface area contributed by atoms with Crippen molar-refractivity contribution in [2.24, 2.45) is 0 Å². The van der Waals surface area contributed by atoms with Crippen LogP contribution < -0.4 is 15.4 Å². The fourth-order valence-corrected chi connectivity index (χ4v) is 3.02. The molecular weight excluding hydrogens is 336 g/mol. The lowest BCUT2D eigenvalue weighted by atomic mass is 10.1. The van der Waals surface area contributed by atoms with E-state index in [2.05, 4.69) is 36.6 Å². The highest BCUT2D eigenvalue weighted by atomic mass is 32.2. The van der Waals surface area contributed by atoms with Gasteiger partial charge in [-0.3, -0.25) is 9.59 Å². The van der Waals surface area contributed by atoms with Crippen molar-refractivity contribution in [3.05, 3.63) is 47.5 Å². The van der Waals surface area contributed by atoms with E-state index in [0.29, 0.717) is 17.1 Å². The van der Waals surface area contributed by atoms with E-state index in [-0.39, 0.29) is 17.6 Å². The molecule has 2 aromatic rings. The van der Waals surface area contributed by atoms with Crippen LogP contribution in [0.3, 0.4) is 0 Å². The number of aryl methyl sites for hydroxylation is 2. The highest BCUT2D eigenvalue weighted by Crippen LogP contribution is 2.28. The average molecular weight is 358 g/mol. The third-order valence-electron chi connectivity index (χ3n) is 3.64. The van der Waals surface area contributed by atoms with Crippen LogP contribution in [-0.4, -0.2) is 24.7 Å². The monoisotopic (exact) mass is 358 g/mol. The van der Waals surface area contributed by atoms with E-state index in [1.54, 1.807) is 18.2 Å². The molecule has 0 aliphatic heterocycles. The van der Waals surface area contributed by atoms with Gasteiger partial charge in [-0.15, -0.1) is 11.8 Å². The number of nitrogens with one attached hydrogen (secondary N) is 2. The van der Waals surface area contributed by atoms with Gasteiger partial charge in [0.25, 0.3) is 0 Å². The maximum absolute atomic E-state index is 12.3. The summed E-state index contributed by atoms with van der Waals surface area (Å²) in [5.41, 5.74) is 3.56. The third kappa shape index (κ3) is 5.53. The summed E-state index contributed by atoms with van der Waals surface area (Å²) in [6.07, 6.45) is 0. The molecule has 0 saturated carbocycles. The predicted molar refractivity (Wildman–Crippen MR) is 103 cm³/mol. The summed E-state index contributed by atoms with van der Waals surface area (Å²) in [5, 5.41) is 5.52. The summed E-state index contributed by atoms with van der Waals surface area (Å²) in [7, 11) is 1.53. The molecule has 0 spiro atoms. The molecule has 0 bridgehead atoms. The van der Waals surface area contributed by atoms with Gasteiger partial charge in [0.2, 0.25) is 11.8 Å². The first-order valence-corrected chi connectivity index (χ1v) is 8.83. The average Bonchev–Trinajstić information content (AvgIpc) is 2.56. The highest BCUT2D eigenvalue weighted by Gasteiger charge is 2.10. The lowest BCUT2D eigenvalue weighted by Crippen LogP contribution is -2.15. The van der Waals surface area contributed by atoms with Gasteiger partial charge < -0.3 is 15.4 Å². The molecular formula is C19H22N2O3S. The molecule has 2 aromatic carbocycles. The maximum atomic E-state index is 12.3. The lowest BCUT2D eigenvalue weighted by Gasteiger charge is -2.12. The fraction of sp³-hybridized carbons (Fsp3) is 0.263. The lowest BCUT2D eigenvalue weighted by molar-refractivity contribution is -0.114. The predicted octanol–water partition coefficient (Wildman–Crippen LogP) is 4.00. The van der Waals surface area contributed by atoms with Crippen molar-refractivity contribution in [1.82, 2.24) is 0 Å². The molecule has 5 nitrogen and oxygen atoms in total. The third-order valence-corrected chi connectivity index (χ3v) is 4.64. The Bertz CT molecular complexity index is 790. The molecule has 2 rings (SSSR count). The second kappa shape index (κ2) is 8.58. The number of carbonyl (C=O) groups excluding carboxylic acids is 2. The number of carbonyl (C=O) groups is 2. The summed E-state index contributed by atoms with van der Waals surface area (Å²) in [6, 6.07) is 11.2. The molecule has 2 N–H and O–H groups in total. The molecule has 0 unspecified atom stereocenters. The minimum absolute atomic E-state index is 0.137. The Morgan fingerprint density at radius 2 is 1.80 bits per heavy atom. The standard InChI is InChI=1S/C19H22N2O3S/c1-12-5-7-16(9-13(12)2)25-11-19(23)21-17-10-15(20-14(3)22)6-8-18(17)24-4/h5-10H,11H2,1-4H3,(H,20,22)(H,21,23). The van der Waals surface area contributed by atoms with Crippen LogP contribution in [0.25, 0.3) is 0 Å². The minimum Gasteiger partial charge on any atom is -0.495 e. The Labute approximate surface area is 152 Å². The van der Waals surface area contributed by atoms with Crippen LogP contribution in [0, 0.1) is 13.8 Å². The van der Waals surface area contributed by atoms with E-state index in [9.17, 15) is 9.59 Å². The van der Waals surface area contributed by atoms with E-state index >= 15 is 0 Å². The van der Waals surface area contributed by atoms with Gasteiger partial charge in [-0.1, -0.05) is 6.07 Å². The molecule has 0 radical (unpaired) electrons. The second-order valence-electron chi connectivity index (χ2n) is 5.68. The topological polar surface area (TPSA) is 67.4 Å². The molecule has 0 atom stereocenters. The Morgan fingerprint density at radius 3 is 2.44 bits per heavy atom. The van der Waals surface area contributed by atoms with Crippen LogP contribution in [0.15, 0.2) is 41.3 Å². The fourth-order valence-electron chi connectivity index (χ4n) is 2.23. The van der Waals surface area contributed by atoms with Crippen LogP contribution in [0.5, 0.6) is 5.75 Å². The zero-order valence-electron chi connectivity index (χ0n) is 14.8. The van der Waals surface area contributed by atoms with Crippen LogP contribution >= 0.6 is 11.8 Å². The molecule has 0 heterocycles. The number of thioether (sulfide) groups is 1. The van der Waals surface area contributed by atoms with Gasteiger partial charge in [0.15, 0.2) is 0 Å². The van der Waals surface area contributed by atoms with E-state index in [1.165, 1.54) is 36.9 Å². The van der Waals surface area contributed by atoms with Crippen molar-refractivity contribution in [1.29, 1.82) is 0 Å². The number of ether oxygens (including phenoxy) is 1. The summed E-state index contributed by atoms with van der Waals surface area (Å²) in [6.45, 7) is 5.55. The smallest absolute Gasteiger partial charge is 0.234 e. The second-order valence-corrected chi connectivity index (χ2v) is 6.73. The Balaban J connectivity index is 2.03. The zero-order valence-corrected chi connectivity index (χ0v) is 15.6. The maximum Gasteiger partial charge on any atom is 0.234 e. The van der Waals surface area contributed by atoms with Crippen molar-refractivity contribution in [2.75, 3.05) is 23.5 Å². The molecule has 0 saturated heterocycles. The van der Waals surface area contributed by atoms with E-state index in [4.69, 9.17) is 4.74 Å². The van der Waals surface area contributed by atoms with Gasteiger partial charge in [-0.25, -0.2) is 0 Å². The molecule has 0 aliphatic rings. The number of anilines is 2. The summed E-state index contributed by atoms with van der Waals surface area (Å²) < 4.78 is 5.26. The quantitative estimate of drug-likeness (QED) is 0.766.